The molecule has 21 heavy (non-hydrogen) atoms. The van der Waals surface area contributed by atoms with E-state index < -0.39 is 17.6 Å². The van der Waals surface area contributed by atoms with Crippen LogP contribution in [0, 0.1) is 5.82 Å². The van der Waals surface area contributed by atoms with Crippen molar-refractivity contribution in [3.8, 4) is 11.3 Å². The molecule has 0 radical (unpaired) electrons. The molecule has 8 heteroatoms. The minimum Gasteiger partial charge on any atom is -0.467 e. The monoisotopic (exact) mass is 303 g/mol. The summed E-state index contributed by atoms with van der Waals surface area (Å²) in [5.74, 6) is -1.26. The average Bonchev–Trinajstić information content (AvgIpc) is 2.86. The molecule has 0 aliphatic carbocycles. The van der Waals surface area contributed by atoms with Gasteiger partial charge in [-0.15, -0.1) is 0 Å². The third kappa shape index (κ3) is 3.59. The molecular formula is C13H9F4NO3. The van der Waals surface area contributed by atoms with Crippen molar-refractivity contribution in [3.05, 3.63) is 41.3 Å². The fraction of sp³-hybridized carbons (Fsp3) is 0.231. The SMILES string of the molecule is O=COCCc1cc(-c2ccc(C(F)(F)F)c(F)c2)on1. The number of carbonyl (C=O) groups is 1. The molecule has 0 saturated carbocycles. The highest BCUT2D eigenvalue weighted by atomic mass is 19.4. The van der Waals surface area contributed by atoms with E-state index in [2.05, 4.69) is 9.89 Å². The van der Waals surface area contributed by atoms with Crippen molar-refractivity contribution >= 4 is 6.47 Å². The van der Waals surface area contributed by atoms with E-state index in [9.17, 15) is 22.4 Å². The zero-order valence-electron chi connectivity index (χ0n) is 10.5. The predicted octanol–water partition coefficient (Wildman–Crippen LogP) is 3.22. The summed E-state index contributed by atoms with van der Waals surface area (Å²) < 4.78 is 60.2. The fourth-order valence-electron chi connectivity index (χ4n) is 1.68. The summed E-state index contributed by atoms with van der Waals surface area (Å²) in [7, 11) is 0. The minimum absolute atomic E-state index is 0.0941. The second-order valence-electron chi connectivity index (χ2n) is 4.09. The van der Waals surface area contributed by atoms with Crippen LogP contribution in [-0.4, -0.2) is 18.2 Å². The number of alkyl halides is 3. The fourth-order valence-corrected chi connectivity index (χ4v) is 1.68. The van der Waals surface area contributed by atoms with Crippen LogP contribution in [0.1, 0.15) is 11.3 Å². The molecule has 0 bridgehead atoms. The normalized spacial score (nSPS) is 11.4. The topological polar surface area (TPSA) is 52.3 Å². The van der Waals surface area contributed by atoms with E-state index in [1.165, 1.54) is 6.07 Å². The van der Waals surface area contributed by atoms with Gasteiger partial charge < -0.3 is 9.26 Å². The second-order valence-corrected chi connectivity index (χ2v) is 4.09. The Kier molecular flexibility index (Phi) is 4.25. The van der Waals surface area contributed by atoms with E-state index in [1.54, 1.807) is 0 Å². The molecule has 1 aromatic heterocycles. The van der Waals surface area contributed by atoms with Gasteiger partial charge in [0.15, 0.2) is 5.76 Å². The maximum absolute atomic E-state index is 13.4. The quantitative estimate of drug-likeness (QED) is 0.483. The molecule has 0 aliphatic heterocycles. The summed E-state index contributed by atoms with van der Waals surface area (Å²) in [4.78, 5) is 9.97. The van der Waals surface area contributed by atoms with Gasteiger partial charge in [-0.25, -0.2) is 4.39 Å². The smallest absolute Gasteiger partial charge is 0.419 e. The van der Waals surface area contributed by atoms with Crippen LogP contribution < -0.4 is 0 Å². The lowest BCUT2D eigenvalue weighted by Crippen LogP contribution is -2.07. The number of hydrogen-bond donors (Lipinski definition) is 0. The molecule has 0 atom stereocenters. The third-order valence-corrected chi connectivity index (χ3v) is 2.66. The summed E-state index contributed by atoms with van der Waals surface area (Å²) in [5, 5.41) is 3.65. The summed E-state index contributed by atoms with van der Waals surface area (Å²) in [5.41, 5.74) is -0.770. The number of carbonyl (C=O) groups excluding carboxylic acids is 1. The van der Waals surface area contributed by atoms with Crippen LogP contribution in [0.5, 0.6) is 0 Å². The molecule has 0 aliphatic rings. The Morgan fingerprint density at radius 3 is 2.67 bits per heavy atom. The van der Waals surface area contributed by atoms with Crippen molar-refractivity contribution in [2.24, 2.45) is 0 Å². The van der Waals surface area contributed by atoms with E-state index in [-0.39, 0.29) is 30.8 Å². The molecule has 1 aromatic carbocycles. The Balaban J connectivity index is 2.19. The average molecular weight is 303 g/mol. The van der Waals surface area contributed by atoms with Crippen molar-refractivity contribution in [2.45, 2.75) is 12.6 Å². The van der Waals surface area contributed by atoms with E-state index in [0.717, 1.165) is 12.1 Å². The number of halogens is 4. The lowest BCUT2D eigenvalue weighted by molar-refractivity contribution is -0.140. The molecule has 2 rings (SSSR count). The molecule has 0 unspecified atom stereocenters. The standard InChI is InChI=1S/C13H9F4NO3/c14-11-5-8(1-2-10(11)13(15,16)17)12-6-9(18-21-12)3-4-20-7-19/h1-2,5-7H,3-4H2. The number of aromatic nitrogens is 1. The van der Waals surface area contributed by atoms with E-state index >= 15 is 0 Å². The largest absolute Gasteiger partial charge is 0.467 e. The first-order valence-corrected chi connectivity index (χ1v) is 5.80. The van der Waals surface area contributed by atoms with Crippen LogP contribution in [0.2, 0.25) is 0 Å². The first-order chi connectivity index (χ1) is 9.91. The van der Waals surface area contributed by atoms with Gasteiger partial charge in [-0.2, -0.15) is 13.2 Å². The molecule has 0 fully saturated rings. The van der Waals surface area contributed by atoms with Crippen LogP contribution in [0.3, 0.4) is 0 Å². The van der Waals surface area contributed by atoms with Gasteiger partial charge in [-0.1, -0.05) is 11.2 Å². The van der Waals surface area contributed by atoms with Crippen LogP contribution in [0.4, 0.5) is 17.6 Å². The van der Waals surface area contributed by atoms with E-state index in [0.29, 0.717) is 11.8 Å². The van der Waals surface area contributed by atoms with Crippen molar-refractivity contribution in [2.75, 3.05) is 6.61 Å². The van der Waals surface area contributed by atoms with E-state index in [1.807, 2.05) is 0 Å². The number of ether oxygens (including phenoxy) is 1. The highest BCUT2D eigenvalue weighted by molar-refractivity contribution is 5.58. The molecule has 1 heterocycles. The molecule has 0 N–H and O–H groups in total. The molecule has 0 saturated heterocycles. The number of nitrogens with zero attached hydrogens (tertiary/aromatic N) is 1. The number of hydrogen-bond acceptors (Lipinski definition) is 4. The Bertz CT molecular complexity index is 637. The zero-order chi connectivity index (χ0) is 15.5. The first-order valence-electron chi connectivity index (χ1n) is 5.80. The van der Waals surface area contributed by atoms with Crippen LogP contribution in [0.15, 0.2) is 28.8 Å². The van der Waals surface area contributed by atoms with Crippen molar-refractivity contribution in [1.82, 2.24) is 5.16 Å². The molecule has 0 spiro atoms. The van der Waals surface area contributed by atoms with Gasteiger partial charge >= 0.3 is 6.18 Å². The molecule has 4 nitrogen and oxygen atoms in total. The van der Waals surface area contributed by atoms with Crippen molar-refractivity contribution in [1.29, 1.82) is 0 Å². The van der Waals surface area contributed by atoms with Gasteiger partial charge in [0.1, 0.15) is 5.82 Å². The maximum Gasteiger partial charge on any atom is 0.419 e. The summed E-state index contributed by atoms with van der Waals surface area (Å²) in [6.45, 7) is 0.378. The van der Waals surface area contributed by atoms with E-state index in [4.69, 9.17) is 4.52 Å². The number of benzene rings is 1. The van der Waals surface area contributed by atoms with Crippen molar-refractivity contribution < 1.29 is 31.6 Å². The number of rotatable bonds is 5. The lowest BCUT2D eigenvalue weighted by Gasteiger charge is -2.08. The lowest BCUT2D eigenvalue weighted by atomic mass is 10.1. The molecule has 2 aromatic rings. The van der Waals surface area contributed by atoms with Crippen LogP contribution in [0.25, 0.3) is 11.3 Å². The predicted molar refractivity (Wildman–Crippen MR) is 62.6 cm³/mol. The zero-order valence-corrected chi connectivity index (χ0v) is 10.5. The summed E-state index contributed by atoms with van der Waals surface area (Å²) in [6.07, 6.45) is -4.47. The Labute approximate surface area is 116 Å². The summed E-state index contributed by atoms with van der Waals surface area (Å²) in [6, 6.07) is 3.91. The highest BCUT2D eigenvalue weighted by Gasteiger charge is 2.34. The minimum atomic E-state index is -4.75. The van der Waals surface area contributed by atoms with Gasteiger partial charge in [0.05, 0.1) is 17.9 Å². The van der Waals surface area contributed by atoms with Gasteiger partial charge in [0.25, 0.3) is 6.47 Å². The van der Waals surface area contributed by atoms with Gasteiger partial charge in [-0.05, 0) is 12.1 Å². The Hall–Kier alpha value is -2.38. The van der Waals surface area contributed by atoms with Crippen molar-refractivity contribution in [3.63, 3.8) is 0 Å². The second kappa shape index (κ2) is 5.94. The molecule has 0 amide bonds. The van der Waals surface area contributed by atoms with Gasteiger partial charge in [-0.3, -0.25) is 4.79 Å². The molecular weight excluding hydrogens is 294 g/mol. The Morgan fingerprint density at radius 1 is 1.29 bits per heavy atom. The van der Waals surface area contributed by atoms with Crippen LogP contribution >= 0.6 is 0 Å². The van der Waals surface area contributed by atoms with Crippen LogP contribution in [-0.2, 0) is 22.1 Å². The maximum atomic E-state index is 13.4. The third-order valence-electron chi connectivity index (χ3n) is 2.66. The highest BCUT2D eigenvalue weighted by Crippen LogP contribution is 2.33. The Morgan fingerprint density at radius 2 is 2.05 bits per heavy atom. The first kappa shape index (κ1) is 15.0. The summed E-state index contributed by atoms with van der Waals surface area (Å²) >= 11 is 0. The van der Waals surface area contributed by atoms with Gasteiger partial charge in [0, 0.05) is 18.1 Å². The molecule has 112 valence electrons. The van der Waals surface area contributed by atoms with Gasteiger partial charge in [0.2, 0.25) is 0 Å².